The second kappa shape index (κ2) is 6.75. The fourth-order valence-electron chi connectivity index (χ4n) is 4.66. The molecule has 0 bridgehead atoms. The Kier molecular flexibility index (Phi) is 4.98. The zero-order valence-corrected chi connectivity index (χ0v) is 16.6. The quantitative estimate of drug-likeness (QED) is 0.893. The molecular weight excluding hydrogens is 308 g/mol. The maximum absolute atomic E-state index is 12.1. The molecule has 3 rings (SSSR count). The Hall–Kier alpha value is -1.35. The SMILES string of the molecule is Cc1cccc(C(C)C2CC23CCN(CC(=O)NC(C)(C)C)CC3)c1. The van der Waals surface area contributed by atoms with E-state index in [1.807, 2.05) is 20.8 Å². The molecule has 0 aromatic heterocycles. The molecule has 1 aliphatic carbocycles. The first-order valence-electron chi connectivity index (χ1n) is 9.78. The summed E-state index contributed by atoms with van der Waals surface area (Å²) in [5, 5.41) is 3.08. The van der Waals surface area contributed by atoms with Crippen LogP contribution in [0.4, 0.5) is 0 Å². The van der Waals surface area contributed by atoms with Gasteiger partial charge in [-0.25, -0.2) is 0 Å². The van der Waals surface area contributed by atoms with Gasteiger partial charge in [-0.2, -0.15) is 0 Å². The Morgan fingerprint density at radius 1 is 1.32 bits per heavy atom. The molecule has 1 aromatic rings. The van der Waals surface area contributed by atoms with E-state index in [1.54, 1.807) is 0 Å². The van der Waals surface area contributed by atoms with Crippen molar-refractivity contribution in [1.82, 2.24) is 10.2 Å². The van der Waals surface area contributed by atoms with Gasteiger partial charge in [0.2, 0.25) is 5.91 Å². The summed E-state index contributed by atoms with van der Waals surface area (Å²) in [6.07, 6.45) is 3.86. The molecular formula is C22H34N2O. The maximum atomic E-state index is 12.1. The molecule has 3 heteroatoms. The number of carbonyl (C=O) groups is 1. The normalized spacial score (nSPS) is 24.1. The molecule has 25 heavy (non-hydrogen) atoms. The third-order valence-electron chi connectivity index (χ3n) is 6.16. The van der Waals surface area contributed by atoms with Crippen LogP contribution in [0, 0.1) is 18.3 Å². The average molecular weight is 343 g/mol. The van der Waals surface area contributed by atoms with Crippen LogP contribution in [-0.4, -0.2) is 36.0 Å². The number of likely N-dealkylation sites (tertiary alicyclic amines) is 1. The van der Waals surface area contributed by atoms with Crippen molar-refractivity contribution in [2.45, 2.75) is 65.3 Å². The van der Waals surface area contributed by atoms with Crippen LogP contribution >= 0.6 is 0 Å². The van der Waals surface area contributed by atoms with Crippen LogP contribution in [0.2, 0.25) is 0 Å². The van der Waals surface area contributed by atoms with Crippen molar-refractivity contribution in [2.24, 2.45) is 11.3 Å². The molecule has 2 atom stereocenters. The Balaban J connectivity index is 1.51. The van der Waals surface area contributed by atoms with Gasteiger partial charge in [0.05, 0.1) is 6.54 Å². The minimum absolute atomic E-state index is 0.140. The fraction of sp³-hybridized carbons (Fsp3) is 0.682. The van der Waals surface area contributed by atoms with Gasteiger partial charge in [-0.3, -0.25) is 9.69 Å². The highest BCUT2D eigenvalue weighted by Crippen LogP contribution is 2.64. The highest BCUT2D eigenvalue weighted by molar-refractivity contribution is 5.78. The van der Waals surface area contributed by atoms with Gasteiger partial charge in [0.25, 0.3) is 0 Å². The Morgan fingerprint density at radius 2 is 2.00 bits per heavy atom. The van der Waals surface area contributed by atoms with Crippen LogP contribution in [0.15, 0.2) is 24.3 Å². The zero-order valence-electron chi connectivity index (χ0n) is 16.6. The highest BCUT2D eigenvalue weighted by Gasteiger charge is 2.56. The van der Waals surface area contributed by atoms with E-state index >= 15 is 0 Å². The van der Waals surface area contributed by atoms with E-state index in [1.165, 1.54) is 30.4 Å². The molecule has 1 heterocycles. The third-order valence-corrected chi connectivity index (χ3v) is 6.16. The topological polar surface area (TPSA) is 32.3 Å². The van der Waals surface area contributed by atoms with Gasteiger partial charge in [-0.1, -0.05) is 36.8 Å². The lowest BCUT2D eigenvalue weighted by atomic mass is 9.84. The van der Waals surface area contributed by atoms with Crippen LogP contribution in [0.25, 0.3) is 0 Å². The molecule has 2 aliphatic rings. The number of piperidine rings is 1. The maximum Gasteiger partial charge on any atom is 0.234 e. The van der Waals surface area contributed by atoms with E-state index in [0.717, 1.165) is 19.0 Å². The predicted molar refractivity (Wildman–Crippen MR) is 104 cm³/mol. The van der Waals surface area contributed by atoms with Gasteiger partial charge in [0, 0.05) is 5.54 Å². The number of amides is 1. The molecule has 138 valence electrons. The number of hydrogen-bond acceptors (Lipinski definition) is 2. The molecule has 1 amide bonds. The molecule has 2 unspecified atom stereocenters. The van der Waals surface area contributed by atoms with Gasteiger partial charge in [0.1, 0.15) is 0 Å². The van der Waals surface area contributed by atoms with Gasteiger partial charge in [-0.15, -0.1) is 0 Å². The van der Waals surface area contributed by atoms with Gasteiger partial charge < -0.3 is 5.32 Å². The molecule has 2 fully saturated rings. The summed E-state index contributed by atoms with van der Waals surface area (Å²) in [7, 11) is 0. The number of nitrogens with zero attached hydrogens (tertiary/aromatic N) is 1. The summed E-state index contributed by atoms with van der Waals surface area (Å²) in [4.78, 5) is 14.5. The van der Waals surface area contributed by atoms with Gasteiger partial charge in [-0.05, 0) is 82.9 Å². The number of hydrogen-bond donors (Lipinski definition) is 1. The Morgan fingerprint density at radius 3 is 2.60 bits per heavy atom. The number of nitrogens with one attached hydrogen (secondary N) is 1. The van der Waals surface area contributed by atoms with Crippen LogP contribution in [-0.2, 0) is 4.79 Å². The lowest BCUT2D eigenvalue weighted by molar-refractivity contribution is -0.124. The minimum atomic E-state index is -0.140. The number of benzene rings is 1. The van der Waals surface area contributed by atoms with Crippen LogP contribution < -0.4 is 5.32 Å². The first-order valence-corrected chi connectivity index (χ1v) is 9.78. The first-order chi connectivity index (χ1) is 11.7. The van der Waals surface area contributed by atoms with Crippen molar-refractivity contribution in [2.75, 3.05) is 19.6 Å². The molecule has 1 spiro atoms. The summed E-state index contributed by atoms with van der Waals surface area (Å²) >= 11 is 0. The molecule has 1 aromatic carbocycles. The number of rotatable bonds is 4. The van der Waals surface area contributed by atoms with Gasteiger partial charge >= 0.3 is 0 Å². The lowest BCUT2D eigenvalue weighted by Crippen LogP contribution is -2.47. The van der Waals surface area contributed by atoms with E-state index < -0.39 is 0 Å². The Labute approximate surface area is 153 Å². The van der Waals surface area contributed by atoms with E-state index in [2.05, 4.69) is 48.3 Å². The molecule has 1 saturated carbocycles. The van der Waals surface area contributed by atoms with Crippen molar-refractivity contribution in [3.63, 3.8) is 0 Å². The largest absolute Gasteiger partial charge is 0.350 e. The lowest BCUT2D eigenvalue weighted by Gasteiger charge is -2.34. The van der Waals surface area contributed by atoms with Crippen molar-refractivity contribution in [1.29, 1.82) is 0 Å². The van der Waals surface area contributed by atoms with E-state index in [0.29, 0.717) is 17.9 Å². The molecule has 1 aliphatic heterocycles. The number of carbonyl (C=O) groups excluding carboxylic acids is 1. The van der Waals surface area contributed by atoms with E-state index in [9.17, 15) is 4.79 Å². The van der Waals surface area contributed by atoms with E-state index in [-0.39, 0.29) is 11.4 Å². The van der Waals surface area contributed by atoms with Crippen LogP contribution in [0.5, 0.6) is 0 Å². The summed E-state index contributed by atoms with van der Waals surface area (Å²) in [5.74, 6) is 1.62. The van der Waals surface area contributed by atoms with Crippen LogP contribution in [0.1, 0.15) is 64.0 Å². The summed E-state index contributed by atoms with van der Waals surface area (Å²) < 4.78 is 0. The number of aryl methyl sites for hydroxylation is 1. The smallest absolute Gasteiger partial charge is 0.234 e. The van der Waals surface area contributed by atoms with Crippen molar-refractivity contribution in [3.05, 3.63) is 35.4 Å². The minimum Gasteiger partial charge on any atom is -0.350 e. The van der Waals surface area contributed by atoms with E-state index in [4.69, 9.17) is 0 Å². The summed E-state index contributed by atoms with van der Waals surface area (Å²) in [6, 6.07) is 9.00. The summed E-state index contributed by atoms with van der Waals surface area (Å²) in [5.41, 5.74) is 3.26. The predicted octanol–water partition coefficient (Wildman–Crippen LogP) is 4.12. The summed E-state index contributed by atoms with van der Waals surface area (Å²) in [6.45, 7) is 13.4. The Bertz CT molecular complexity index is 623. The second-order valence-corrected chi connectivity index (χ2v) is 9.45. The second-order valence-electron chi connectivity index (χ2n) is 9.45. The average Bonchev–Trinajstić information content (AvgIpc) is 3.21. The van der Waals surface area contributed by atoms with Crippen molar-refractivity contribution < 1.29 is 4.79 Å². The van der Waals surface area contributed by atoms with Crippen molar-refractivity contribution in [3.8, 4) is 0 Å². The molecule has 1 saturated heterocycles. The molecule has 3 nitrogen and oxygen atoms in total. The zero-order chi connectivity index (χ0) is 18.2. The fourth-order valence-corrected chi connectivity index (χ4v) is 4.66. The first kappa shape index (κ1) is 18.4. The van der Waals surface area contributed by atoms with Crippen molar-refractivity contribution >= 4 is 5.91 Å². The molecule has 1 N–H and O–H groups in total. The molecule has 0 radical (unpaired) electrons. The highest BCUT2D eigenvalue weighted by atomic mass is 16.2. The van der Waals surface area contributed by atoms with Crippen LogP contribution in [0.3, 0.4) is 0 Å². The van der Waals surface area contributed by atoms with Gasteiger partial charge in [0.15, 0.2) is 0 Å². The third kappa shape index (κ3) is 4.44. The monoisotopic (exact) mass is 342 g/mol. The standard InChI is InChI=1S/C22H34N2O/c1-16-7-6-8-18(13-16)17(2)19-14-22(19)9-11-24(12-10-22)15-20(25)23-21(3,4)5/h6-8,13,17,19H,9-12,14-15H2,1-5H3,(H,23,25).